The first-order chi connectivity index (χ1) is 37.9. The Kier molecular flexibility index (Phi) is 52.4. The Balaban J connectivity index is 2.16. The molecule has 1 aliphatic rings. The third kappa shape index (κ3) is 43.9. The van der Waals surface area contributed by atoms with E-state index in [-0.39, 0.29) is 12.3 Å². The first kappa shape index (κ1) is 75.4. The number of aliphatic hydroxyl groups excluding tert-OH is 6. The Hall–Kier alpha value is -0.660. The molecule has 1 rings (SSSR count). The van der Waals surface area contributed by atoms with Gasteiger partial charge in [0.15, 0.2) is 0 Å². The van der Waals surface area contributed by atoms with Gasteiger partial charge in [-0.3, -0.25) is 13.8 Å². The van der Waals surface area contributed by atoms with Gasteiger partial charge in [-0.1, -0.05) is 335 Å². The predicted octanol–water partition coefficient (Wildman–Crippen LogP) is 16.9. The second-order valence-electron chi connectivity index (χ2n) is 24.4. The van der Waals surface area contributed by atoms with Crippen LogP contribution < -0.4 is 5.32 Å². The van der Waals surface area contributed by atoms with E-state index < -0.39 is 63.2 Å². The highest BCUT2D eigenvalue weighted by Gasteiger charge is 2.51. The molecule has 6 unspecified atom stereocenters. The van der Waals surface area contributed by atoms with E-state index in [1.807, 2.05) is 0 Å². The lowest BCUT2D eigenvalue weighted by molar-refractivity contribution is -0.220. The zero-order chi connectivity index (χ0) is 57.0. The molecule has 0 aromatic heterocycles. The van der Waals surface area contributed by atoms with E-state index in [0.717, 1.165) is 38.5 Å². The van der Waals surface area contributed by atoms with Crippen molar-refractivity contribution in [1.82, 2.24) is 5.32 Å². The maximum Gasteiger partial charge on any atom is 0.472 e. The summed E-state index contributed by atoms with van der Waals surface area (Å²) >= 11 is 0. The normalized spacial score (nSPS) is 20.3. The van der Waals surface area contributed by atoms with E-state index in [4.69, 9.17) is 9.05 Å². The Morgan fingerprint density at radius 1 is 0.385 bits per heavy atom. The number of carbonyl (C=O) groups excluding carboxylic acids is 1. The minimum absolute atomic E-state index is 0.244. The molecule has 0 aromatic carbocycles. The van der Waals surface area contributed by atoms with Crippen molar-refractivity contribution in [2.45, 2.75) is 403 Å². The summed E-state index contributed by atoms with van der Waals surface area (Å²) in [6.07, 6.45) is 54.6. The van der Waals surface area contributed by atoms with Crippen LogP contribution in [0, 0.1) is 0 Å². The number of hydrogen-bond donors (Lipinski definition) is 8. The SMILES string of the molecule is CCCCCCCCCCCCCCCCCCCCCCCCCCCCCCCCCCCCC(=O)N[C@@H](COP(=O)(O)OC1C(O)C(O)C(O)[C@@H](O)C1O)[C@H](O)CCCCCCCCCCCCCCCCCCC. The summed E-state index contributed by atoms with van der Waals surface area (Å²) in [6.45, 7) is 3.96. The maximum atomic E-state index is 13.1. The van der Waals surface area contributed by atoms with Crippen LogP contribution in [0.25, 0.3) is 0 Å². The molecule has 1 aliphatic carbocycles. The van der Waals surface area contributed by atoms with E-state index in [1.165, 1.54) is 276 Å². The Labute approximate surface area is 480 Å². The average molecular weight is 1130 g/mol. The molecule has 0 aliphatic heterocycles. The molecule has 0 bridgehead atoms. The highest BCUT2D eigenvalue weighted by molar-refractivity contribution is 7.47. The number of nitrogens with one attached hydrogen (secondary N) is 1. The molecule has 13 heteroatoms. The van der Waals surface area contributed by atoms with Gasteiger partial charge >= 0.3 is 7.82 Å². The molecule has 466 valence electrons. The van der Waals surface area contributed by atoms with Crippen molar-refractivity contribution in [3.63, 3.8) is 0 Å². The highest BCUT2D eigenvalue weighted by Crippen LogP contribution is 2.47. The molecule has 0 heterocycles. The predicted molar refractivity (Wildman–Crippen MR) is 325 cm³/mol. The van der Waals surface area contributed by atoms with Gasteiger partial charge in [0.25, 0.3) is 0 Å². The zero-order valence-electron chi connectivity index (χ0n) is 51.0. The number of amides is 1. The van der Waals surface area contributed by atoms with Gasteiger partial charge in [-0.2, -0.15) is 0 Å². The van der Waals surface area contributed by atoms with Crippen LogP contribution in [0.2, 0.25) is 0 Å². The van der Waals surface area contributed by atoms with E-state index >= 15 is 0 Å². The zero-order valence-corrected chi connectivity index (χ0v) is 51.9. The molecule has 1 saturated carbocycles. The first-order valence-corrected chi connectivity index (χ1v) is 35.5. The Morgan fingerprint density at radius 2 is 0.615 bits per heavy atom. The monoisotopic (exact) mass is 1130 g/mol. The summed E-state index contributed by atoms with van der Waals surface area (Å²) < 4.78 is 23.2. The number of aliphatic hydroxyl groups is 6. The lowest BCUT2D eigenvalue weighted by Gasteiger charge is -2.41. The lowest BCUT2D eigenvalue weighted by atomic mass is 9.85. The highest BCUT2D eigenvalue weighted by atomic mass is 31.2. The summed E-state index contributed by atoms with van der Waals surface area (Å²) in [5, 5.41) is 64.6. The van der Waals surface area contributed by atoms with Crippen LogP contribution in [0.4, 0.5) is 0 Å². The second-order valence-corrected chi connectivity index (χ2v) is 25.8. The number of hydrogen-bond acceptors (Lipinski definition) is 10. The maximum absolute atomic E-state index is 13.1. The molecule has 9 atom stereocenters. The van der Waals surface area contributed by atoms with Crippen molar-refractivity contribution in [3.05, 3.63) is 0 Å². The van der Waals surface area contributed by atoms with E-state index in [2.05, 4.69) is 19.2 Å². The standard InChI is InChI=1S/C65H130NO11P/c1-3-5-7-9-11-13-15-17-19-21-22-23-24-25-26-27-28-29-30-31-32-33-34-35-36-37-39-41-43-45-47-49-51-53-55-59(68)66-57(56-76-78(74,75)77-65-63(72)61(70)60(69)62(71)64(65)73)58(67)54-52-50-48-46-44-42-40-38-20-18-16-14-12-10-8-6-4-2/h57-58,60-65,67,69-73H,3-56H2,1-2H3,(H,66,68)(H,74,75)/t57-,58+,60?,61+,62?,63?,64?,65?/m0/s1. The number of unbranched alkanes of at least 4 members (excludes halogenated alkanes) is 49. The van der Waals surface area contributed by atoms with E-state index in [0.29, 0.717) is 19.3 Å². The fourth-order valence-electron chi connectivity index (χ4n) is 11.5. The van der Waals surface area contributed by atoms with Crippen molar-refractivity contribution in [1.29, 1.82) is 0 Å². The molecule has 0 spiro atoms. The average Bonchev–Trinajstić information content (AvgIpc) is 3.46. The molecule has 0 radical (unpaired) electrons. The van der Waals surface area contributed by atoms with Gasteiger partial charge in [0.1, 0.15) is 36.6 Å². The third-order valence-electron chi connectivity index (χ3n) is 16.9. The summed E-state index contributed by atoms with van der Waals surface area (Å²) in [5.41, 5.74) is 0. The van der Waals surface area contributed by atoms with Gasteiger partial charge < -0.3 is 40.8 Å². The van der Waals surface area contributed by atoms with Crippen LogP contribution >= 0.6 is 7.82 Å². The molecule has 8 N–H and O–H groups in total. The quantitative estimate of drug-likeness (QED) is 0.0212. The van der Waals surface area contributed by atoms with Gasteiger partial charge in [0.2, 0.25) is 5.91 Å². The molecule has 0 saturated heterocycles. The second kappa shape index (κ2) is 54.3. The van der Waals surface area contributed by atoms with Crippen molar-refractivity contribution < 1.29 is 53.9 Å². The van der Waals surface area contributed by atoms with Gasteiger partial charge in [-0.05, 0) is 12.8 Å². The topological polar surface area (TPSA) is 206 Å². The summed E-state index contributed by atoms with van der Waals surface area (Å²) in [7, 11) is -5.06. The van der Waals surface area contributed by atoms with E-state index in [9.17, 15) is 44.9 Å². The molecule has 12 nitrogen and oxygen atoms in total. The minimum atomic E-state index is -5.06. The van der Waals surface area contributed by atoms with Gasteiger partial charge in [0.05, 0.1) is 18.8 Å². The smallest absolute Gasteiger partial charge is 0.391 e. The molecule has 1 amide bonds. The summed E-state index contributed by atoms with van der Waals surface area (Å²) in [6, 6.07) is -1.03. The summed E-state index contributed by atoms with van der Waals surface area (Å²) in [5.74, 6) is -0.298. The Morgan fingerprint density at radius 3 is 0.885 bits per heavy atom. The van der Waals surface area contributed by atoms with Gasteiger partial charge in [0, 0.05) is 6.42 Å². The van der Waals surface area contributed by atoms with Crippen LogP contribution in [-0.4, -0.2) is 96.8 Å². The number of carbonyl (C=O) groups is 1. The molecule has 78 heavy (non-hydrogen) atoms. The summed E-state index contributed by atoms with van der Waals surface area (Å²) in [4.78, 5) is 23.6. The van der Waals surface area contributed by atoms with Crippen LogP contribution in [0.15, 0.2) is 0 Å². The van der Waals surface area contributed by atoms with Crippen molar-refractivity contribution >= 4 is 13.7 Å². The lowest BCUT2D eigenvalue weighted by Crippen LogP contribution is -2.64. The van der Waals surface area contributed by atoms with E-state index in [1.54, 1.807) is 0 Å². The third-order valence-corrected chi connectivity index (χ3v) is 17.9. The van der Waals surface area contributed by atoms with Gasteiger partial charge in [-0.25, -0.2) is 4.57 Å². The fraction of sp³-hybridized carbons (Fsp3) is 0.985. The minimum Gasteiger partial charge on any atom is -0.391 e. The molecular weight excluding hydrogens is 1000 g/mol. The fourth-order valence-corrected chi connectivity index (χ4v) is 12.5. The largest absolute Gasteiger partial charge is 0.472 e. The van der Waals surface area contributed by atoms with Crippen molar-refractivity contribution in [2.75, 3.05) is 6.61 Å². The number of phosphoric acid groups is 1. The van der Waals surface area contributed by atoms with Crippen molar-refractivity contribution in [3.8, 4) is 0 Å². The van der Waals surface area contributed by atoms with Gasteiger partial charge in [-0.15, -0.1) is 0 Å². The Bertz CT molecular complexity index is 1320. The molecule has 1 fully saturated rings. The van der Waals surface area contributed by atoms with Crippen LogP contribution in [0.5, 0.6) is 0 Å². The number of phosphoric ester groups is 1. The van der Waals surface area contributed by atoms with Crippen LogP contribution in [-0.2, 0) is 18.4 Å². The first-order valence-electron chi connectivity index (χ1n) is 34.0. The van der Waals surface area contributed by atoms with Crippen LogP contribution in [0.1, 0.15) is 354 Å². The molecular formula is C65H130NO11P. The molecule has 0 aromatic rings. The van der Waals surface area contributed by atoms with Crippen LogP contribution in [0.3, 0.4) is 0 Å². The number of rotatable bonds is 60. The van der Waals surface area contributed by atoms with Crippen molar-refractivity contribution in [2.24, 2.45) is 0 Å².